The summed E-state index contributed by atoms with van der Waals surface area (Å²) in [5.41, 5.74) is 0. The lowest BCUT2D eigenvalue weighted by Gasteiger charge is -2.36. The number of aromatic hydroxyl groups is 1. The second kappa shape index (κ2) is 7.43. The average Bonchev–Trinajstić information content (AvgIpc) is 2.49. The molecular formula is C18H24O2Si. The number of hydrogen-bond donors (Lipinski definition) is 1. The van der Waals surface area contributed by atoms with Crippen molar-refractivity contribution in [3.63, 3.8) is 0 Å². The topological polar surface area (TPSA) is 29.5 Å². The summed E-state index contributed by atoms with van der Waals surface area (Å²) >= 11 is 0. The predicted octanol–water partition coefficient (Wildman–Crippen LogP) is 4.06. The Balaban J connectivity index is 0.000000194. The number of phenolic OH excluding ortho intramolecular Hbond substituents is 1. The van der Waals surface area contributed by atoms with Crippen molar-refractivity contribution in [1.82, 2.24) is 0 Å². The highest BCUT2D eigenvalue weighted by Crippen LogP contribution is 2.25. The fraction of sp³-hybridized carbons (Fsp3) is 0.333. The van der Waals surface area contributed by atoms with Gasteiger partial charge >= 0.3 is 0 Å². The summed E-state index contributed by atoms with van der Waals surface area (Å²) in [5, 5.41) is 10.1. The highest BCUT2D eigenvalue weighted by molar-refractivity contribution is 6.85. The molecule has 2 nitrogen and oxygen atoms in total. The molecule has 1 fully saturated rings. The largest absolute Gasteiger partial charge is 0.508 e. The Morgan fingerprint density at radius 2 is 1.57 bits per heavy atom. The van der Waals surface area contributed by atoms with Gasteiger partial charge in [0.1, 0.15) is 5.75 Å². The first-order valence-electron chi connectivity index (χ1n) is 7.57. The molecule has 0 spiro atoms. The minimum atomic E-state index is -1.58. The summed E-state index contributed by atoms with van der Waals surface area (Å²) in [5.74, 6) is 0.322. The van der Waals surface area contributed by atoms with Crippen molar-refractivity contribution in [2.75, 3.05) is 0 Å². The van der Waals surface area contributed by atoms with Gasteiger partial charge < -0.3 is 9.53 Å². The lowest BCUT2D eigenvalue weighted by Crippen LogP contribution is -2.51. The summed E-state index contributed by atoms with van der Waals surface area (Å²) in [6.07, 6.45) is 3.02. The van der Waals surface area contributed by atoms with Gasteiger partial charge in [0.25, 0.3) is 0 Å². The maximum atomic E-state index is 8.63. The summed E-state index contributed by atoms with van der Waals surface area (Å²) < 4.78 is 6.20. The molecule has 1 heterocycles. The molecule has 1 saturated heterocycles. The number of hydrogen-bond acceptors (Lipinski definition) is 2. The van der Waals surface area contributed by atoms with E-state index in [1.54, 1.807) is 24.3 Å². The van der Waals surface area contributed by atoms with E-state index in [9.17, 15) is 0 Å². The number of benzene rings is 2. The molecular weight excluding hydrogens is 276 g/mol. The Hall–Kier alpha value is -1.58. The van der Waals surface area contributed by atoms with Gasteiger partial charge in [-0.25, -0.2) is 0 Å². The standard InChI is InChI=1S/C12H18OSi.C6H6O/c1-11-7-6-10-14(2,13-11)12-8-4-3-5-9-12;7-6-4-2-1-3-5-6/h3-5,8-9,11H,6-7,10H2,1-2H3;1-5,7H. The fourth-order valence-electron chi connectivity index (χ4n) is 2.72. The average molecular weight is 300 g/mol. The van der Waals surface area contributed by atoms with Crippen molar-refractivity contribution in [3.05, 3.63) is 60.7 Å². The third-order valence-corrected chi connectivity index (χ3v) is 7.65. The van der Waals surface area contributed by atoms with Crippen LogP contribution in [-0.4, -0.2) is 19.5 Å². The van der Waals surface area contributed by atoms with Crippen LogP contribution in [0.3, 0.4) is 0 Å². The maximum absolute atomic E-state index is 8.63. The van der Waals surface area contributed by atoms with Gasteiger partial charge in [-0.1, -0.05) is 55.0 Å². The van der Waals surface area contributed by atoms with E-state index in [0.717, 1.165) is 0 Å². The molecule has 0 bridgehead atoms. The Morgan fingerprint density at radius 1 is 1.00 bits per heavy atom. The molecule has 0 radical (unpaired) electrons. The van der Waals surface area contributed by atoms with E-state index in [1.165, 1.54) is 24.1 Å². The minimum absolute atomic E-state index is 0.322. The van der Waals surface area contributed by atoms with Crippen LogP contribution in [0.5, 0.6) is 5.75 Å². The first-order valence-corrected chi connectivity index (χ1v) is 10.2. The number of para-hydroxylation sites is 1. The molecule has 3 heteroatoms. The quantitative estimate of drug-likeness (QED) is 0.805. The van der Waals surface area contributed by atoms with Gasteiger partial charge in [-0.05, 0) is 43.3 Å². The predicted molar refractivity (Wildman–Crippen MR) is 90.4 cm³/mol. The third kappa shape index (κ3) is 4.72. The second-order valence-corrected chi connectivity index (χ2v) is 9.53. The van der Waals surface area contributed by atoms with Crippen molar-refractivity contribution in [2.45, 2.75) is 38.5 Å². The van der Waals surface area contributed by atoms with Gasteiger partial charge in [0.2, 0.25) is 8.32 Å². The molecule has 2 aromatic carbocycles. The van der Waals surface area contributed by atoms with E-state index in [1.807, 2.05) is 6.07 Å². The van der Waals surface area contributed by atoms with Gasteiger partial charge in [-0.2, -0.15) is 0 Å². The Morgan fingerprint density at radius 3 is 2.05 bits per heavy atom. The number of rotatable bonds is 1. The lowest BCUT2D eigenvalue weighted by molar-refractivity contribution is 0.183. The van der Waals surface area contributed by atoms with Crippen molar-refractivity contribution in [2.24, 2.45) is 0 Å². The first-order chi connectivity index (χ1) is 10.1. The highest BCUT2D eigenvalue weighted by Gasteiger charge is 2.35. The van der Waals surface area contributed by atoms with Gasteiger partial charge in [-0.3, -0.25) is 0 Å². The van der Waals surface area contributed by atoms with Crippen LogP contribution in [0.25, 0.3) is 0 Å². The zero-order valence-electron chi connectivity index (χ0n) is 12.8. The molecule has 1 aliphatic rings. The second-order valence-electron chi connectivity index (χ2n) is 5.75. The summed E-state index contributed by atoms with van der Waals surface area (Å²) in [4.78, 5) is 0. The molecule has 0 saturated carbocycles. The molecule has 0 amide bonds. The molecule has 2 aromatic rings. The molecule has 0 aliphatic carbocycles. The van der Waals surface area contributed by atoms with Gasteiger partial charge in [0.15, 0.2) is 0 Å². The molecule has 21 heavy (non-hydrogen) atoms. The zero-order valence-corrected chi connectivity index (χ0v) is 13.8. The Kier molecular flexibility index (Phi) is 5.59. The van der Waals surface area contributed by atoms with Crippen LogP contribution in [-0.2, 0) is 4.43 Å². The summed E-state index contributed by atoms with van der Waals surface area (Å²) in [7, 11) is -1.58. The van der Waals surface area contributed by atoms with E-state index in [2.05, 4.69) is 43.8 Å². The SMILES string of the molecule is CC1CCC[Si](C)(c2ccccc2)O1.Oc1ccccc1. The molecule has 2 atom stereocenters. The third-order valence-electron chi connectivity index (χ3n) is 3.87. The van der Waals surface area contributed by atoms with Gasteiger partial charge in [0.05, 0.1) is 0 Å². The zero-order chi connectivity index (χ0) is 15.1. The van der Waals surface area contributed by atoms with Crippen LogP contribution in [0, 0.1) is 0 Å². The van der Waals surface area contributed by atoms with E-state index < -0.39 is 8.32 Å². The van der Waals surface area contributed by atoms with Gasteiger partial charge in [0, 0.05) is 6.10 Å². The maximum Gasteiger partial charge on any atom is 0.221 e. The van der Waals surface area contributed by atoms with Crippen molar-refractivity contribution < 1.29 is 9.53 Å². The molecule has 1 aliphatic heterocycles. The lowest BCUT2D eigenvalue weighted by atomic mass is 10.2. The van der Waals surface area contributed by atoms with Crippen LogP contribution in [0.2, 0.25) is 12.6 Å². The Labute approximate surface area is 128 Å². The van der Waals surface area contributed by atoms with E-state index in [4.69, 9.17) is 9.53 Å². The van der Waals surface area contributed by atoms with E-state index >= 15 is 0 Å². The highest BCUT2D eigenvalue weighted by atomic mass is 28.4. The first kappa shape index (κ1) is 15.8. The summed E-state index contributed by atoms with van der Waals surface area (Å²) in [6, 6.07) is 20.8. The van der Waals surface area contributed by atoms with Crippen molar-refractivity contribution >= 4 is 13.5 Å². The van der Waals surface area contributed by atoms with Crippen LogP contribution < -0.4 is 5.19 Å². The normalized spacial score (nSPS) is 24.8. The van der Waals surface area contributed by atoms with E-state index in [-0.39, 0.29) is 0 Å². The molecule has 112 valence electrons. The number of phenols is 1. The van der Waals surface area contributed by atoms with Crippen molar-refractivity contribution in [1.29, 1.82) is 0 Å². The molecule has 3 rings (SSSR count). The molecule has 1 N–H and O–H groups in total. The van der Waals surface area contributed by atoms with Crippen molar-refractivity contribution in [3.8, 4) is 5.75 Å². The van der Waals surface area contributed by atoms with E-state index in [0.29, 0.717) is 11.9 Å². The van der Waals surface area contributed by atoms with Crippen LogP contribution in [0.4, 0.5) is 0 Å². The Bertz CT molecular complexity index is 529. The minimum Gasteiger partial charge on any atom is -0.508 e. The van der Waals surface area contributed by atoms with Crippen LogP contribution in [0.1, 0.15) is 19.8 Å². The summed E-state index contributed by atoms with van der Waals surface area (Å²) in [6.45, 7) is 4.55. The van der Waals surface area contributed by atoms with Gasteiger partial charge in [-0.15, -0.1) is 0 Å². The molecule has 2 unspecified atom stereocenters. The van der Waals surface area contributed by atoms with Crippen LogP contribution >= 0.6 is 0 Å². The smallest absolute Gasteiger partial charge is 0.221 e. The molecule has 0 aromatic heterocycles. The monoisotopic (exact) mass is 300 g/mol. The fourth-order valence-corrected chi connectivity index (χ4v) is 6.04. The van der Waals surface area contributed by atoms with Crippen LogP contribution in [0.15, 0.2) is 60.7 Å².